The van der Waals surface area contributed by atoms with Gasteiger partial charge in [0.25, 0.3) is 0 Å². The first-order chi connectivity index (χ1) is 8.16. The standard InChI is InChI=1S/C13H16ClN2O/c1-10(17)16-8-6-11(7-9-16)15-13-5-3-2-4-12(13)14/h2-5,11,15H,1,6-9H2. The molecule has 0 spiro atoms. The predicted molar refractivity (Wildman–Crippen MR) is 70.0 cm³/mol. The fourth-order valence-corrected chi connectivity index (χ4v) is 2.26. The van der Waals surface area contributed by atoms with Crippen molar-refractivity contribution in [1.29, 1.82) is 0 Å². The van der Waals surface area contributed by atoms with Gasteiger partial charge in [-0.15, -0.1) is 0 Å². The van der Waals surface area contributed by atoms with Crippen molar-refractivity contribution in [2.75, 3.05) is 18.4 Å². The summed E-state index contributed by atoms with van der Waals surface area (Å²) in [6.45, 7) is 4.97. The van der Waals surface area contributed by atoms with E-state index in [9.17, 15) is 4.79 Å². The van der Waals surface area contributed by atoms with Gasteiger partial charge >= 0.3 is 0 Å². The Morgan fingerprint density at radius 2 is 2.00 bits per heavy atom. The predicted octanol–water partition coefficient (Wildman–Crippen LogP) is 2.58. The maximum atomic E-state index is 11.1. The van der Waals surface area contributed by atoms with Gasteiger partial charge in [0.1, 0.15) is 0 Å². The van der Waals surface area contributed by atoms with E-state index in [0.29, 0.717) is 6.04 Å². The maximum absolute atomic E-state index is 11.1. The molecule has 17 heavy (non-hydrogen) atoms. The summed E-state index contributed by atoms with van der Waals surface area (Å²) in [6.07, 6.45) is 1.87. The van der Waals surface area contributed by atoms with E-state index in [1.165, 1.54) is 0 Å². The summed E-state index contributed by atoms with van der Waals surface area (Å²) in [5, 5.41) is 4.16. The lowest BCUT2D eigenvalue weighted by atomic mass is 10.0. The average molecular weight is 252 g/mol. The zero-order valence-electron chi connectivity index (χ0n) is 9.66. The number of carbonyl (C=O) groups excluding carboxylic acids is 1. The quantitative estimate of drug-likeness (QED) is 0.876. The Kier molecular flexibility index (Phi) is 3.89. The van der Waals surface area contributed by atoms with Crippen LogP contribution in [0, 0.1) is 6.92 Å². The maximum Gasteiger partial charge on any atom is 0.223 e. The van der Waals surface area contributed by atoms with Gasteiger partial charge in [0.15, 0.2) is 0 Å². The van der Waals surface area contributed by atoms with Gasteiger partial charge in [-0.05, 0) is 25.0 Å². The monoisotopic (exact) mass is 251 g/mol. The van der Waals surface area contributed by atoms with Gasteiger partial charge in [0.2, 0.25) is 5.91 Å². The molecule has 0 bridgehead atoms. The van der Waals surface area contributed by atoms with E-state index in [4.69, 9.17) is 11.6 Å². The number of nitrogens with one attached hydrogen (secondary N) is 1. The molecule has 3 nitrogen and oxygen atoms in total. The van der Waals surface area contributed by atoms with E-state index >= 15 is 0 Å². The average Bonchev–Trinajstić information content (AvgIpc) is 2.33. The first-order valence-electron chi connectivity index (χ1n) is 5.79. The number of rotatable bonds is 2. The van der Waals surface area contributed by atoms with Gasteiger partial charge in [-0.2, -0.15) is 0 Å². The van der Waals surface area contributed by atoms with Crippen molar-refractivity contribution in [3.63, 3.8) is 0 Å². The molecule has 1 N–H and O–H groups in total. The van der Waals surface area contributed by atoms with Crippen molar-refractivity contribution < 1.29 is 4.79 Å². The number of nitrogens with zero attached hydrogens (tertiary/aromatic N) is 1. The second-order valence-electron chi connectivity index (χ2n) is 4.28. The lowest BCUT2D eigenvalue weighted by molar-refractivity contribution is -0.127. The molecule has 4 heteroatoms. The topological polar surface area (TPSA) is 32.3 Å². The van der Waals surface area contributed by atoms with E-state index in [1.54, 1.807) is 4.90 Å². The lowest BCUT2D eigenvalue weighted by Gasteiger charge is -2.32. The second kappa shape index (κ2) is 5.41. The third-order valence-electron chi connectivity index (χ3n) is 3.08. The lowest BCUT2D eigenvalue weighted by Crippen LogP contribution is -2.41. The number of benzene rings is 1. The van der Waals surface area contributed by atoms with Gasteiger partial charge in [-0.3, -0.25) is 4.79 Å². The van der Waals surface area contributed by atoms with Crippen LogP contribution in [0.2, 0.25) is 5.02 Å². The van der Waals surface area contributed by atoms with Crippen molar-refractivity contribution in [3.05, 3.63) is 36.2 Å². The third kappa shape index (κ3) is 3.13. The molecule has 91 valence electrons. The van der Waals surface area contributed by atoms with E-state index < -0.39 is 0 Å². The van der Waals surface area contributed by atoms with Crippen LogP contribution >= 0.6 is 11.6 Å². The van der Waals surface area contributed by atoms with Crippen LogP contribution in [0.3, 0.4) is 0 Å². The largest absolute Gasteiger partial charge is 0.381 e. The van der Waals surface area contributed by atoms with Crippen molar-refractivity contribution in [1.82, 2.24) is 4.90 Å². The molecule has 0 unspecified atom stereocenters. The van der Waals surface area contributed by atoms with Crippen molar-refractivity contribution in [2.45, 2.75) is 18.9 Å². The molecule has 1 amide bonds. The van der Waals surface area contributed by atoms with Crippen molar-refractivity contribution in [3.8, 4) is 0 Å². The van der Waals surface area contributed by atoms with Crippen LogP contribution in [-0.4, -0.2) is 29.9 Å². The molecule has 1 heterocycles. The van der Waals surface area contributed by atoms with E-state index in [-0.39, 0.29) is 5.91 Å². The van der Waals surface area contributed by atoms with Gasteiger partial charge in [0, 0.05) is 26.1 Å². The zero-order chi connectivity index (χ0) is 12.3. The second-order valence-corrected chi connectivity index (χ2v) is 4.69. The molecule has 0 aromatic heterocycles. The third-order valence-corrected chi connectivity index (χ3v) is 3.41. The van der Waals surface area contributed by atoms with Gasteiger partial charge in [-0.25, -0.2) is 0 Å². The molecule has 1 aromatic rings. The van der Waals surface area contributed by atoms with Gasteiger partial charge < -0.3 is 10.2 Å². The summed E-state index contributed by atoms with van der Waals surface area (Å²) in [5.41, 5.74) is 0.966. The first kappa shape index (κ1) is 12.2. The summed E-state index contributed by atoms with van der Waals surface area (Å²) >= 11 is 6.09. The fraction of sp³-hybridized carbons (Fsp3) is 0.385. The zero-order valence-corrected chi connectivity index (χ0v) is 10.4. The number of halogens is 1. The number of anilines is 1. The summed E-state index contributed by atoms with van der Waals surface area (Å²) in [6, 6.07) is 8.10. The Hall–Kier alpha value is -1.22. The normalized spacial score (nSPS) is 16.9. The molecule has 1 aliphatic rings. The molecule has 1 saturated heterocycles. The molecular weight excluding hydrogens is 236 g/mol. The van der Waals surface area contributed by atoms with Crippen LogP contribution in [0.1, 0.15) is 12.8 Å². The van der Waals surface area contributed by atoms with Crippen molar-refractivity contribution in [2.24, 2.45) is 0 Å². The highest BCUT2D eigenvalue weighted by Crippen LogP contribution is 2.23. The SMILES string of the molecule is [CH2]C(=O)N1CCC(Nc2ccccc2Cl)CC1. The number of hydrogen-bond acceptors (Lipinski definition) is 2. The molecule has 1 aliphatic heterocycles. The molecule has 1 aromatic carbocycles. The molecule has 0 saturated carbocycles. The highest BCUT2D eigenvalue weighted by Gasteiger charge is 2.20. The highest BCUT2D eigenvalue weighted by molar-refractivity contribution is 6.33. The Bertz CT molecular complexity index is 400. The molecular formula is C13H16ClN2O. The van der Waals surface area contributed by atoms with Gasteiger partial charge in [0.05, 0.1) is 10.7 Å². The highest BCUT2D eigenvalue weighted by atomic mass is 35.5. The van der Waals surface area contributed by atoms with Crippen molar-refractivity contribution >= 4 is 23.2 Å². The number of para-hydroxylation sites is 1. The van der Waals surface area contributed by atoms with E-state index in [0.717, 1.165) is 36.6 Å². The fourth-order valence-electron chi connectivity index (χ4n) is 2.07. The molecule has 0 atom stereocenters. The molecule has 1 radical (unpaired) electrons. The Labute approximate surface area is 107 Å². The minimum absolute atomic E-state index is 0.0822. The Morgan fingerprint density at radius 1 is 1.35 bits per heavy atom. The number of hydrogen-bond donors (Lipinski definition) is 1. The number of carbonyl (C=O) groups is 1. The van der Waals surface area contributed by atoms with E-state index in [1.807, 2.05) is 24.3 Å². The number of amides is 1. The van der Waals surface area contributed by atoms with Crippen LogP contribution in [0.15, 0.2) is 24.3 Å². The molecule has 2 rings (SSSR count). The summed E-state index contributed by atoms with van der Waals surface area (Å²) in [7, 11) is 0. The summed E-state index contributed by atoms with van der Waals surface area (Å²) in [5.74, 6) is -0.0822. The van der Waals surface area contributed by atoms with Crippen LogP contribution in [-0.2, 0) is 4.79 Å². The molecule has 0 aliphatic carbocycles. The smallest absolute Gasteiger partial charge is 0.223 e. The Morgan fingerprint density at radius 3 is 2.59 bits per heavy atom. The van der Waals surface area contributed by atoms with Gasteiger partial charge in [-0.1, -0.05) is 23.7 Å². The number of piperidine rings is 1. The van der Waals surface area contributed by atoms with E-state index in [2.05, 4.69) is 12.2 Å². The minimum atomic E-state index is -0.0822. The minimum Gasteiger partial charge on any atom is -0.381 e. The summed E-state index contributed by atoms with van der Waals surface area (Å²) in [4.78, 5) is 12.9. The first-order valence-corrected chi connectivity index (χ1v) is 6.16. The van der Waals surface area contributed by atoms with Crippen LogP contribution in [0.5, 0.6) is 0 Å². The number of likely N-dealkylation sites (tertiary alicyclic amines) is 1. The van der Waals surface area contributed by atoms with Crippen LogP contribution in [0.25, 0.3) is 0 Å². The Balaban J connectivity index is 1.90. The summed E-state index contributed by atoms with van der Waals surface area (Å²) < 4.78 is 0. The molecule has 1 fully saturated rings. The van der Waals surface area contributed by atoms with Crippen LogP contribution in [0.4, 0.5) is 5.69 Å². The van der Waals surface area contributed by atoms with Crippen LogP contribution < -0.4 is 5.32 Å².